The number of aromatic nitrogens is 3. The van der Waals surface area contributed by atoms with Crippen molar-refractivity contribution in [1.82, 2.24) is 19.9 Å². The number of likely N-dealkylation sites (tertiary alicyclic amines) is 1. The second kappa shape index (κ2) is 5.88. The third-order valence-corrected chi connectivity index (χ3v) is 3.92. The van der Waals surface area contributed by atoms with Crippen molar-refractivity contribution < 1.29 is 5.11 Å². The Hall–Kier alpha value is -1.47. The van der Waals surface area contributed by atoms with Gasteiger partial charge in [0.05, 0.1) is 12.1 Å². The molecule has 1 aliphatic heterocycles. The molecular weight excluding hydrogens is 256 g/mol. The average Bonchev–Trinajstić information content (AvgIpc) is 2.86. The first-order valence-corrected chi connectivity index (χ1v) is 6.99. The molecule has 1 aromatic heterocycles. The molecule has 2 rings (SSSR count). The quantitative estimate of drug-likeness (QED) is 0.818. The molecule has 1 aromatic rings. The van der Waals surface area contributed by atoms with Crippen LogP contribution in [0.15, 0.2) is 0 Å². The molecule has 3 atom stereocenters. The van der Waals surface area contributed by atoms with Gasteiger partial charge in [-0.2, -0.15) is 15.0 Å². The Kier molecular flexibility index (Phi) is 4.39. The van der Waals surface area contributed by atoms with E-state index in [1.54, 1.807) is 0 Å². The van der Waals surface area contributed by atoms with E-state index in [0.717, 1.165) is 19.5 Å². The zero-order chi connectivity index (χ0) is 14.9. The monoisotopic (exact) mass is 280 g/mol. The Morgan fingerprint density at radius 1 is 1.30 bits per heavy atom. The minimum absolute atomic E-state index is 0.0720. The predicted molar refractivity (Wildman–Crippen MR) is 78.3 cm³/mol. The molecule has 1 fully saturated rings. The van der Waals surface area contributed by atoms with Gasteiger partial charge in [-0.15, -0.1) is 0 Å². The first kappa shape index (κ1) is 14.9. The number of nitrogen functional groups attached to an aromatic ring is 1. The summed E-state index contributed by atoms with van der Waals surface area (Å²) in [7, 11) is 3.76. The average molecular weight is 280 g/mol. The summed E-state index contributed by atoms with van der Waals surface area (Å²) in [4.78, 5) is 16.9. The molecule has 0 radical (unpaired) electrons. The van der Waals surface area contributed by atoms with Crippen LogP contribution < -0.4 is 10.6 Å². The minimum Gasteiger partial charge on any atom is -0.393 e. The highest BCUT2D eigenvalue weighted by Gasteiger charge is 2.30. The van der Waals surface area contributed by atoms with Crippen molar-refractivity contribution in [2.75, 3.05) is 37.8 Å². The van der Waals surface area contributed by atoms with E-state index >= 15 is 0 Å². The molecule has 1 saturated heterocycles. The molecular formula is C13H24N6O. The SMILES string of the molecule is CC(O)C1CCN(C(C)c2nc(N)nc(N(C)C)n2)C1. The lowest BCUT2D eigenvalue weighted by atomic mass is 10.0. The summed E-state index contributed by atoms with van der Waals surface area (Å²) in [5, 5.41) is 9.69. The minimum atomic E-state index is -0.270. The van der Waals surface area contributed by atoms with Crippen LogP contribution in [0.3, 0.4) is 0 Å². The number of aliphatic hydroxyl groups excluding tert-OH is 1. The van der Waals surface area contributed by atoms with E-state index in [4.69, 9.17) is 5.73 Å². The lowest BCUT2D eigenvalue weighted by Crippen LogP contribution is -2.29. The molecule has 0 spiro atoms. The van der Waals surface area contributed by atoms with Crippen LogP contribution in [0.4, 0.5) is 11.9 Å². The van der Waals surface area contributed by atoms with Crippen molar-refractivity contribution in [3.63, 3.8) is 0 Å². The fourth-order valence-corrected chi connectivity index (χ4v) is 2.51. The molecule has 0 bridgehead atoms. The van der Waals surface area contributed by atoms with Gasteiger partial charge >= 0.3 is 0 Å². The van der Waals surface area contributed by atoms with Crippen molar-refractivity contribution in [3.05, 3.63) is 5.82 Å². The van der Waals surface area contributed by atoms with Crippen LogP contribution in [0.1, 0.15) is 32.1 Å². The molecule has 112 valence electrons. The second-order valence-electron chi connectivity index (χ2n) is 5.71. The maximum Gasteiger partial charge on any atom is 0.229 e. The Morgan fingerprint density at radius 2 is 2.00 bits per heavy atom. The van der Waals surface area contributed by atoms with Gasteiger partial charge in [-0.25, -0.2) is 0 Å². The topological polar surface area (TPSA) is 91.4 Å². The number of nitrogens with zero attached hydrogens (tertiary/aromatic N) is 5. The van der Waals surface area contributed by atoms with Gasteiger partial charge in [0, 0.05) is 20.6 Å². The molecule has 3 N–H and O–H groups in total. The van der Waals surface area contributed by atoms with Gasteiger partial charge in [0.1, 0.15) is 0 Å². The van der Waals surface area contributed by atoms with Crippen LogP contribution in [0, 0.1) is 5.92 Å². The van der Waals surface area contributed by atoms with Crippen LogP contribution in [0.2, 0.25) is 0 Å². The highest BCUT2D eigenvalue weighted by Crippen LogP contribution is 2.27. The third kappa shape index (κ3) is 3.16. The number of aliphatic hydroxyl groups is 1. The van der Waals surface area contributed by atoms with Gasteiger partial charge in [0.15, 0.2) is 5.82 Å². The van der Waals surface area contributed by atoms with E-state index in [1.165, 1.54) is 0 Å². The number of hydrogen-bond acceptors (Lipinski definition) is 7. The fraction of sp³-hybridized carbons (Fsp3) is 0.769. The summed E-state index contributed by atoms with van der Waals surface area (Å²) in [5.41, 5.74) is 5.76. The summed E-state index contributed by atoms with van der Waals surface area (Å²) in [6.07, 6.45) is 0.733. The van der Waals surface area contributed by atoms with Crippen molar-refractivity contribution >= 4 is 11.9 Å². The van der Waals surface area contributed by atoms with E-state index in [-0.39, 0.29) is 18.1 Å². The van der Waals surface area contributed by atoms with Crippen molar-refractivity contribution in [2.24, 2.45) is 5.92 Å². The summed E-state index contributed by atoms with van der Waals surface area (Å²) in [5.74, 6) is 1.83. The molecule has 0 saturated carbocycles. The number of nitrogens with two attached hydrogens (primary N) is 1. The predicted octanol–water partition coefficient (Wildman–Crippen LogP) is 0.284. The van der Waals surface area contributed by atoms with Gasteiger partial charge in [0.25, 0.3) is 0 Å². The molecule has 1 aliphatic rings. The zero-order valence-electron chi connectivity index (χ0n) is 12.6. The van der Waals surface area contributed by atoms with E-state index in [2.05, 4.69) is 26.8 Å². The Bertz CT molecular complexity index is 464. The first-order valence-electron chi connectivity index (χ1n) is 6.99. The number of anilines is 2. The van der Waals surface area contributed by atoms with Crippen molar-refractivity contribution in [3.8, 4) is 0 Å². The maximum atomic E-state index is 9.69. The number of hydrogen-bond donors (Lipinski definition) is 2. The highest BCUT2D eigenvalue weighted by atomic mass is 16.3. The molecule has 0 aliphatic carbocycles. The third-order valence-electron chi connectivity index (χ3n) is 3.92. The molecule has 0 aromatic carbocycles. The van der Waals surface area contributed by atoms with Crippen LogP contribution in [0.5, 0.6) is 0 Å². The van der Waals surface area contributed by atoms with Crippen LogP contribution in [-0.2, 0) is 0 Å². The molecule has 7 nitrogen and oxygen atoms in total. The van der Waals surface area contributed by atoms with Crippen LogP contribution >= 0.6 is 0 Å². The Labute approximate surface area is 119 Å². The Balaban J connectivity index is 2.15. The normalized spacial score (nSPS) is 22.8. The smallest absolute Gasteiger partial charge is 0.229 e. The van der Waals surface area contributed by atoms with E-state index in [1.807, 2.05) is 25.9 Å². The molecule has 7 heteroatoms. The molecule has 3 unspecified atom stereocenters. The van der Waals surface area contributed by atoms with Crippen molar-refractivity contribution in [1.29, 1.82) is 0 Å². The Morgan fingerprint density at radius 3 is 2.55 bits per heavy atom. The largest absolute Gasteiger partial charge is 0.393 e. The van der Waals surface area contributed by atoms with Gasteiger partial charge in [-0.05, 0) is 32.7 Å². The van der Waals surface area contributed by atoms with E-state index in [0.29, 0.717) is 17.7 Å². The standard InChI is InChI=1S/C13H24N6O/c1-8(19-6-5-10(7-19)9(2)20)11-15-12(14)17-13(16-11)18(3)4/h8-10,20H,5-7H2,1-4H3,(H2,14,15,16,17). The summed E-state index contributed by atoms with van der Waals surface area (Å²) in [6.45, 7) is 5.73. The number of rotatable bonds is 4. The fourth-order valence-electron chi connectivity index (χ4n) is 2.51. The zero-order valence-corrected chi connectivity index (χ0v) is 12.6. The summed E-state index contributed by atoms with van der Waals surface area (Å²) < 4.78 is 0. The van der Waals surface area contributed by atoms with E-state index in [9.17, 15) is 5.11 Å². The van der Waals surface area contributed by atoms with Crippen LogP contribution in [0.25, 0.3) is 0 Å². The highest BCUT2D eigenvalue weighted by molar-refractivity contribution is 5.33. The lowest BCUT2D eigenvalue weighted by molar-refractivity contribution is 0.122. The molecule has 2 heterocycles. The van der Waals surface area contributed by atoms with Gasteiger partial charge in [0.2, 0.25) is 11.9 Å². The maximum absolute atomic E-state index is 9.69. The summed E-state index contributed by atoms with van der Waals surface area (Å²) in [6, 6.07) is 0.0720. The summed E-state index contributed by atoms with van der Waals surface area (Å²) >= 11 is 0. The van der Waals surface area contributed by atoms with Crippen molar-refractivity contribution in [2.45, 2.75) is 32.4 Å². The van der Waals surface area contributed by atoms with E-state index < -0.39 is 0 Å². The van der Waals surface area contributed by atoms with Gasteiger partial charge in [-0.3, -0.25) is 4.90 Å². The second-order valence-corrected chi connectivity index (χ2v) is 5.71. The van der Waals surface area contributed by atoms with Crippen LogP contribution in [-0.4, -0.2) is 58.2 Å². The first-order chi connectivity index (χ1) is 9.38. The molecule has 0 amide bonds. The van der Waals surface area contributed by atoms with Gasteiger partial charge < -0.3 is 15.7 Å². The molecule has 20 heavy (non-hydrogen) atoms. The van der Waals surface area contributed by atoms with Gasteiger partial charge in [-0.1, -0.05) is 0 Å². The lowest BCUT2D eigenvalue weighted by Gasteiger charge is -2.24.